The van der Waals surface area contributed by atoms with Crippen LogP contribution < -0.4 is 20.1 Å². The minimum absolute atomic E-state index is 0.350. The Labute approximate surface area is 167 Å². The minimum Gasteiger partial charge on any atom is -0.490 e. The van der Waals surface area contributed by atoms with Gasteiger partial charge in [0.2, 0.25) is 0 Å². The lowest BCUT2D eigenvalue weighted by Gasteiger charge is -2.14. The molecule has 0 atom stereocenters. The number of nitrogens with zero attached hydrogens (tertiary/aromatic N) is 2. The fourth-order valence-electron chi connectivity index (χ4n) is 2.94. The van der Waals surface area contributed by atoms with E-state index in [1.54, 1.807) is 24.7 Å². The van der Waals surface area contributed by atoms with Crippen molar-refractivity contribution in [1.82, 2.24) is 14.9 Å². The highest BCUT2D eigenvalue weighted by Gasteiger charge is 2.15. The zero-order chi connectivity index (χ0) is 19.3. The van der Waals surface area contributed by atoms with Gasteiger partial charge in [0.25, 0.3) is 0 Å². The molecule has 0 unspecified atom stereocenters. The highest BCUT2D eigenvalue weighted by atomic mass is 35.5. The van der Waals surface area contributed by atoms with Crippen molar-refractivity contribution in [3.8, 4) is 17.2 Å². The van der Waals surface area contributed by atoms with E-state index in [-0.39, 0.29) is 6.03 Å². The van der Waals surface area contributed by atoms with E-state index in [0.29, 0.717) is 42.0 Å². The molecule has 0 bridgehead atoms. The van der Waals surface area contributed by atoms with Crippen LogP contribution in [-0.2, 0) is 6.54 Å². The summed E-state index contributed by atoms with van der Waals surface area (Å²) in [4.78, 5) is 16.5. The van der Waals surface area contributed by atoms with E-state index < -0.39 is 0 Å². The molecule has 0 fully saturated rings. The lowest BCUT2D eigenvalue weighted by atomic mass is 10.1. The predicted molar refractivity (Wildman–Crippen MR) is 106 cm³/mol. The van der Waals surface area contributed by atoms with Gasteiger partial charge in [-0.05, 0) is 11.6 Å². The van der Waals surface area contributed by atoms with Gasteiger partial charge in [0, 0.05) is 37.5 Å². The van der Waals surface area contributed by atoms with Gasteiger partial charge < -0.3 is 24.7 Å². The van der Waals surface area contributed by atoms with Gasteiger partial charge in [0.05, 0.1) is 35.9 Å². The second-order valence-corrected chi connectivity index (χ2v) is 6.64. The fraction of sp³-hybridized carbons (Fsp3) is 0.200. The van der Waals surface area contributed by atoms with Gasteiger partial charge in [0.1, 0.15) is 0 Å². The third kappa shape index (κ3) is 4.04. The maximum absolute atomic E-state index is 12.4. The van der Waals surface area contributed by atoms with Crippen molar-refractivity contribution in [2.75, 3.05) is 18.5 Å². The summed E-state index contributed by atoms with van der Waals surface area (Å²) in [7, 11) is 0. The summed E-state index contributed by atoms with van der Waals surface area (Å²) in [6, 6.07) is 10.8. The molecule has 0 saturated heterocycles. The summed E-state index contributed by atoms with van der Waals surface area (Å²) in [5.74, 6) is 1.16. The molecule has 2 aromatic carbocycles. The van der Waals surface area contributed by atoms with E-state index >= 15 is 0 Å². The smallest absolute Gasteiger partial charge is 0.319 e. The van der Waals surface area contributed by atoms with Crippen LogP contribution in [0.1, 0.15) is 12.0 Å². The van der Waals surface area contributed by atoms with E-state index in [1.165, 1.54) is 0 Å². The van der Waals surface area contributed by atoms with Crippen molar-refractivity contribution in [2.45, 2.75) is 13.0 Å². The zero-order valence-corrected chi connectivity index (χ0v) is 15.8. The first-order valence-corrected chi connectivity index (χ1v) is 9.29. The van der Waals surface area contributed by atoms with Crippen molar-refractivity contribution in [1.29, 1.82) is 0 Å². The molecular formula is C20H19ClN4O3. The van der Waals surface area contributed by atoms with Gasteiger partial charge in [0.15, 0.2) is 11.5 Å². The summed E-state index contributed by atoms with van der Waals surface area (Å²) < 4.78 is 13.1. The molecule has 3 aromatic rings. The molecule has 0 radical (unpaired) electrons. The number of anilines is 1. The van der Waals surface area contributed by atoms with Crippen molar-refractivity contribution in [2.24, 2.45) is 0 Å². The Morgan fingerprint density at radius 2 is 1.96 bits per heavy atom. The van der Waals surface area contributed by atoms with E-state index in [4.69, 9.17) is 21.1 Å². The summed E-state index contributed by atoms with van der Waals surface area (Å²) in [5, 5.41) is 6.01. The number of fused-ring (bicyclic) bond motifs is 1. The number of ether oxygens (including phenoxy) is 2. The summed E-state index contributed by atoms with van der Waals surface area (Å²) in [6.45, 7) is 1.49. The van der Waals surface area contributed by atoms with E-state index in [9.17, 15) is 4.79 Å². The number of aromatic nitrogens is 2. The molecule has 7 nitrogen and oxygen atoms in total. The number of benzene rings is 2. The minimum atomic E-state index is -0.364. The highest BCUT2D eigenvalue weighted by Crippen LogP contribution is 2.37. The number of carbonyl (C=O) groups excluding carboxylic acids is 1. The average Bonchev–Trinajstić information content (AvgIpc) is 3.14. The molecule has 4 rings (SSSR count). The molecule has 0 saturated carbocycles. The Kier molecular flexibility index (Phi) is 5.34. The van der Waals surface area contributed by atoms with Gasteiger partial charge in [-0.2, -0.15) is 0 Å². The second kappa shape index (κ2) is 8.22. The molecule has 0 aliphatic carbocycles. The van der Waals surface area contributed by atoms with E-state index in [2.05, 4.69) is 15.6 Å². The topological polar surface area (TPSA) is 77.4 Å². The molecule has 28 heavy (non-hydrogen) atoms. The van der Waals surface area contributed by atoms with Crippen LogP contribution >= 0.6 is 11.6 Å². The highest BCUT2D eigenvalue weighted by molar-refractivity contribution is 6.34. The van der Waals surface area contributed by atoms with Gasteiger partial charge >= 0.3 is 6.03 Å². The molecule has 8 heteroatoms. The number of nitrogens with one attached hydrogen (secondary N) is 2. The third-order valence-electron chi connectivity index (χ3n) is 4.30. The van der Waals surface area contributed by atoms with Crippen LogP contribution in [-0.4, -0.2) is 28.8 Å². The molecule has 0 spiro atoms. The molecule has 1 aliphatic rings. The lowest BCUT2D eigenvalue weighted by Crippen LogP contribution is -2.28. The first-order chi connectivity index (χ1) is 13.7. The Morgan fingerprint density at radius 3 is 2.75 bits per heavy atom. The molecule has 2 heterocycles. The molecule has 1 aromatic heterocycles. The number of hydrogen-bond acceptors (Lipinski definition) is 4. The van der Waals surface area contributed by atoms with Gasteiger partial charge in [-0.25, -0.2) is 9.78 Å². The Hall–Kier alpha value is -3.19. The summed E-state index contributed by atoms with van der Waals surface area (Å²) >= 11 is 6.28. The maximum atomic E-state index is 12.4. The van der Waals surface area contributed by atoms with Crippen LogP contribution in [0.5, 0.6) is 11.5 Å². The van der Waals surface area contributed by atoms with Crippen molar-refractivity contribution < 1.29 is 14.3 Å². The lowest BCUT2D eigenvalue weighted by molar-refractivity contribution is 0.251. The number of imidazole rings is 1. The van der Waals surface area contributed by atoms with Crippen LogP contribution in [0.25, 0.3) is 5.69 Å². The number of para-hydroxylation sites is 1. The number of urea groups is 1. The first kappa shape index (κ1) is 18.2. The van der Waals surface area contributed by atoms with Crippen molar-refractivity contribution in [3.05, 3.63) is 65.7 Å². The predicted octanol–water partition coefficient (Wildman–Crippen LogP) is 4.01. The molecule has 144 valence electrons. The third-order valence-corrected chi connectivity index (χ3v) is 4.61. The van der Waals surface area contributed by atoms with Crippen molar-refractivity contribution >= 4 is 23.3 Å². The number of hydrogen-bond donors (Lipinski definition) is 2. The average molecular weight is 399 g/mol. The maximum Gasteiger partial charge on any atom is 0.319 e. The Balaban J connectivity index is 1.44. The van der Waals surface area contributed by atoms with E-state index in [0.717, 1.165) is 17.7 Å². The Bertz CT molecular complexity index is 976. The molecule has 2 N–H and O–H groups in total. The summed E-state index contributed by atoms with van der Waals surface area (Å²) in [6.07, 6.45) is 6.09. The second-order valence-electron chi connectivity index (χ2n) is 6.24. The van der Waals surface area contributed by atoms with Gasteiger partial charge in [-0.3, -0.25) is 0 Å². The van der Waals surface area contributed by atoms with Crippen LogP contribution in [0.4, 0.5) is 10.5 Å². The molecule has 2 amide bonds. The Morgan fingerprint density at radius 1 is 1.18 bits per heavy atom. The first-order valence-electron chi connectivity index (χ1n) is 8.91. The number of rotatable bonds is 4. The normalized spacial score (nSPS) is 12.9. The van der Waals surface area contributed by atoms with Crippen LogP contribution in [0.3, 0.4) is 0 Å². The summed E-state index contributed by atoms with van der Waals surface area (Å²) in [5.41, 5.74) is 2.38. The fourth-order valence-corrected chi connectivity index (χ4v) is 3.14. The largest absolute Gasteiger partial charge is 0.490 e. The van der Waals surface area contributed by atoms with Crippen LogP contribution in [0.15, 0.2) is 55.1 Å². The van der Waals surface area contributed by atoms with Crippen LogP contribution in [0.2, 0.25) is 5.02 Å². The standard InChI is InChI=1S/C20H19ClN4O3/c21-15-10-18-19(28-9-3-8-27-18)11-16(15)24-20(26)23-12-14-4-1-2-5-17(14)25-7-6-22-13-25/h1-2,4-7,10-11,13H,3,8-9,12H2,(H2,23,24,26). The van der Waals surface area contributed by atoms with Gasteiger partial charge in [-0.1, -0.05) is 29.8 Å². The van der Waals surface area contributed by atoms with Crippen molar-refractivity contribution in [3.63, 3.8) is 0 Å². The van der Waals surface area contributed by atoms with Crippen LogP contribution in [0, 0.1) is 0 Å². The number of amides is 2. The monoisotopic (exact) mass is 398 g/mol. The number of halogens is 1. The van der Waals surface area contributed by atoms with E-state index in [1.807, 2.05) is 35.0 Å². The zero-order valence-electron chi connectivity index (χ0n) is 15.0. The molecule has 1 aliphatic heterocycles. The van der Waals surface area contributed by atoms with Gasteiger partial charge in [-0.15, -0.1) is 0 Å². The number of carbonyl (C=O) groups is 1. The quantitative estimate of drug-likeness (QED) is 0.696. The molecular weight excluding hydrogens is 380 g/mol. The SMILES string of the molecule is O=C(NCc1ccccc1-n1ccnc1)Nc1cc2c(cc1Cl)OCCCO2.